The fourth-order valence-electron chi connectivity index (χ4n) is 2.60. The Labute approximate surface area is 164 Å². The molecule has 1 heterocycles. The largest absolute Gasteiger partial charge is 0.398 e. The van der Waals surface area contributed by atoms with E-state index in [0.717, 1.165) is 4.88 Å². The summed E-state index contributed by atoms with van der Waals surface area (Å²) in [6.07, 6.45) is 2.96. The van der Waals surface area contributed by atoms with Gasteiger partial charge in [-0.15, -0.1) is 11.3 Å². The van der Waals surface area contributed by atoms with Crippen molar-refractivity contribution in [1.82, 2.24) is 0 Å². The molecule has 0 bridgehead atoms. The number of nitrogens with two attached hydrogens (primary N) is 1. The van der Waals surface area contributed by atoms with E-state index < -0.39 is 11.6 Å². The van der Waals surface area contributed by atoms with E-state index in [1.54, 1.807) is 6.07 Å². The maximum atomic E-state index is 14.9. The summed E-state index contributed by atoms with van der Waals surface area (Å²) in [7, 11) is 0. The molecule has 0 aliphatic carbocycles. The summed E-state index contributed by atoms with van der Waals surface area (Å²) < 4.78 is 28.1. The molecule has 0 fully saturated rings. The molecule has 1 amide bonds. The molecular formula is C21H17F2N3OS. The molecule has 28 heavy (non-hydrogen) atoms. The molecule has 0 spiro atoms. The number of carbonyl (C=O) groups excluding carboxylic acids is 1. The Morgan fingerprint density at radius 2 is 2.00 bits per heavy atom. The van der Waals surface area contributed by atoms with Crippen LogP contribution in [0, 0.1) is 17.0 Å². The van der Waals surface area contributed by atoms with Crippen LogP contribution in [0.25, 0.3) is 6.08 Å². The van der Waals surface area contributed by atoms with E-state index in [1.807, 2.05) is 17.5 Å². The minimum atomic E-state index is -0.784. The van der Waals surface area contributed by atoms with Crippen molar-refractivity contribution in [2.24, 2.45) is 0 Å². The third-order valence-corrected chi connectivity index (χ3v) is 4.80. The van der Waals surface area contributed by atoms with Crippen LogP contribution in [0.2, 0.25) is 0 Å². The van der Waals surface area contributed by atoms with Crippen molar-refractivity contribution in [3.63, 3.8) is 0 Å². The first-order chi connectivity index (χ1) is 13.4. The molecule has 0 aliphatic heterocycles. The van der Waals surface area contributed by atoms with Gasteiger partial charge in [0.15, 0.2) is 5.82 Å². The number of halogens is 2. The number of hydrogen-bond acceptors (Lipinski definition) is 4. The van der Waals surface area contributed by atoms with Gasteiger partial charge in [-0.2, -0.15) is 0 Å². The second-order valence-electron chi connectivity index (χ2n) is 6.00. The van der Waals surface area contributed by atoms with E-state index in [-0.39, 0.29) is 35.0 Å². The van der Waals surface area contributed by atoms with Crippen molar-refractivity contribution in [3.8, 4) is 0 Å². The summed E-state index contributed by atoms with van der Waals surface area (Å²) in [5.41, 5.74) is 6.09. The van der Waals surface area contributed by atoms with E-state index in [9.17, 15) is 13.6 Å². The Morgan fingerprint density at radius 1 is 1.18 bits per heavy atom. The van der Waals surface area contributed by atoms with Crippen LogP contribution in [0.3, 0.4) is 0 Å². The van der Waals surface area contributed by atoms with Gasteiger partial charge in [-0.05, 0) is 47.4 Å². The van der Waals surface area contributed by atoms with E-state index in [2.05, 4.69) is 5.32 Å². The van der Waals surface area contributed by atoms with Crippen molar-refractivity contribution in [1.29, 1.82) is 5.41 Å². The molecule has 0 aliphatic rings. The molecule has 0 unspecified atom stereocenters. The number of carbonyl (C=O) groups is 1. The van der Waals surface area contributed by atoms with E-state index in [4.69, 9.17) is 11.1 Å². The molecule has 4 N–H and O–H groups in total. The molecule has 1 aromatic heterocycles. The topological polar surface area (TPSA) is 79.0 Å². The van der Waals surface area contributed by atoms with Gasteiger partial charge in [-0.25, -0.2) is 8.78 Å². The Balaban J connectivity index is 1.80. The zero-order valence-electron chi connectivity index (χ0n) is 14.7. The Hall–Kier alpha value is -3.32. The molecule has 3 aromatic rings. The summed E-state index contributed by atoms with van der Waals surface area (Å²) >= 11 is 1.44. The molecule has 0 atom stereocenters. The van der Waals surface area contributed by atoms with Gasteiger partial charge in [0.05, 0.1) is 23.4 Å². The fourth-order valence-corrected chi connectivity index (χ4v) is 3.30. The lowest BCUT2D eigenvalue weighted by Crippen LogP contribution is -2.16. The fraction of sp³-hybridized carbons (Fsp3) is 0.0476. The minimum Gasteiger partial charge on any atom is -0.398 e. The van der Waals surface area contributed by atoms with Crippen molar-refractivity contribution >= 4 is 40.4 Å². The number of benzene rings is 2. The Bertz CT molecular complexity index is 1050. The predicted octanol–water partition coefficient (Wildman–Crippen LogP) is 4.87. The van der Waals surface area contributed by atoms with Gasteiger partial charge in [-0.1, -0.05) is 24.3 Å². The van der Waals surface area contributed by atoms with Crippen LogP contribution in [-0.2, 0) is 11.2 Å². The standard InChI is InChI=1S/C21H17F2N3OS/c22-14-4-1-3-13(11-14)6-7-16(24)20-17(25)8-9-18(21(20)23)26-19(27)12-15-5-2-10-28-15/h1-11,24H,12,25H2,(H,26,27)/b7-6+,24-16?. The molecule has 0 saturated heterocycles. The second kappa shape index (κ2) is 8.58. The van der Waals surface area contributed by atoms with Crippen LogP contribution in [0.1, 0.15) is 16.0 Å². The quantitative estimate of drug-likeness (QED) is 0.410. The van der Waals surface area contributed by atoms with Crippen LogP contribution < -0.4 is 11.1 Å². The average Bonchev–Trinajstić information content (AvgIpc) is 3.15. The van der Waals surface area contributed by atoms with Crippen molar-refractivity contribution in [3.05, 3.63) is 87.6 Å². The highest BCUT2D eigenvalue weighted by atomic mass is 32.1. The first-order valence-corrected chi connectivity index (χ1v) is 9.25. The number of hydrogen-bond donors (Lipinski definition) is 3. The minimum absolute atomic E-state index is 0.0466. The average molecular weight is 397 g/mol. The van der Waals surface area contributed by atoms with Crippen LogP contribution in [0.5, 0.6) is 0 Å². The van der Waals surface area contributed by atoms with Gasteiger partial charge < -0.3 is 16.5 Å². The van der Waals surface area contributed by atoms with Crippen LogP contribution in [0.15, 0.2) is 60.0 Å². The Morgan fingerprint density at radius 3 is 2.71 bits per heavy atom. The number of allylic oxidation sites excluding steroid dienone is 1. The third-order valence-electron chi connectivity index (χ3n) is 3.92. The van der Waals surface area contributed by atoms with E-state index >= 15 is 0 Å². The highest BCUT2D eigenvalue weighted by Gasteiger charge is 2.16. The van der Waals surface area contributed by atoms with Crippen molar-refractivity contribution in [2.45, 2.75) is 6.42 Å². The number of thiophene rings is 1. The summed E-state index contributed by atoms with van der Waals surface area (Å²) in [5, 5.41) is 12.5. The lowest BCUT2D eigenvalue weighted by atomic mass is 10.0. The zero-order chi connectivity index (χ0) is 20.1. The van der Waals surface area contributed by atoms with Crippen LogP contribution in [0.4, 0.5) is 20.2 Å². The number of nitrogen functional groups attached to an aromatic ring is 1. The monoisotopic (exact) mass is 397 g/mol. The molecule has 0 radical (unpaired) electrons. The van der Waals surface area contributed by atoms with Crippen LogP contribution in [-0.4, -0.2) is 11.6 Å². The lowest BCUT2D eigenvalue weighted by molar-refractivity contribution is -0.115. The molecular weight excluding hydrogens is 380 g/mol. The third kappa shape index (κ3) is 4.69. The summed E-state index contributed by atoms with van der Waals surface area (Å²) in [6, 6.07) is 12.3. The SMILES string of the molecule is N=C(/C=C/c1cccc(F)c1)c1c(N)ccc(NC(=O)Cc2cccs2)c1F. The smallest absolute Gasteiger partial charge is 0.229 e. The van der Waals surface area contributed by atoms with E-state index in [1.165, 1.54) is 53.8 Å². The summed E-state index contributed by atoms with van der Waals surface area (Å²) in [5.74, 6) is -1.55. The van der Waals surface area contributed by atoms with Gasteiger partial charge in [0.1, 0.15) is 5.82 Å². The summed E-state index contributed by atoms with van der Waals surface area (Å²) in [4.78, 5) is 13.0. The number of nitrogens with one attached hydrogen (secondary N) is 2. The van der Waals surface area contributed by atoms with Crippen molar-refractivity contribution < 1.29 is 13.6 Å². The molecule has 7 heteroatoms. The molecule has 0 saturated carbocycles. The molecule has 2 aromatic carbocycles. The number of rotatable bonds is 6. The van der Waals surface area contributed by atoms with E-state index in [0.29, 0.717) is 5.56 Å². The number of anilines is 2. The highest BCUT2D eigenvalue weighted by molar-refractivity contribution is 7.10. The van der Waals surface area contributed by atoms with Gasteiger partial charge in [0, 0.05) is 10.6 Å². The van der Waals surface area contributed by atoms with Gasteiger partial charge >= 0.3 is 0 Å². The first-order valence-electron chi connectivity index (χ1n) is 8.37. The maximum absolute atomic E-state index is 14.9. The summed E-state index contributed by atoms with van der Waals surface area (Å²) in [6.45, 7) is 0. The van der Waals surface area contributed by atoms with Gasteiger partial charge in [-0.3, -0.25) is 4.79 Å². The zero-order valence-corrected chi connectivity index (χ0v) is 15.5. The molecule has 3 rings (SSSR count). The first kappa shape index (κ1) is 19.4. The Kier molecular flexibility index (Phi) is 5.96. The van der Waals surface area contributed by atoms with Gasteiger partial charge in [0.2, 0.25) is 5.91 Å². The molecule has 142 valence electrons. The number of amides is 1. The lowest BCUT2D eigenvalue weighted by Gasteiger charge is -2.12. The van der Waals surface area contributed by atoms with Crippen LogP contribution >= 0.6 is 11.3 Å². The molecule has 4 nitrogen and oxygen atoms in total. The highest BCUT2D eigenvalue weighted by Crippen LogP contribution is 2.25. The predicted molar refractivity (Wildman–Crippen MR) is 110 cm³/mol. The van der Waals surface area contributed by atoms with Gasteiger partial charge in [0.25, 0.3) is 0 Å². The maximum Gasteiger partial charge on any atom is 0.229 e. The normalized spacial score (nSPS) is 10.9. The van der Waals surface area contributed by atoms with Crippen molar-refractivity contribution in [2.75, 3.05) is 11.1 Å². The second-order valence-corrected chi connectivity index (χ2v) is 7.03.